The van der Waals surface area contributed by atoms with Gasteiger partial charge in [-0.05, 0) is 80.8 Å². The molecule has 0 unspecified atom stereocenters. The number of allylic oxidation sites excluding steroid dienone is 1. The lowest BCUT2D eigenvalue weighted by atomic mass is 9.83. The molecule has 0 aliphatic carbocycles. The number of nitrogens with zero attached hydrogens (tertiary/aromatic N) is 2. The first-order valence-electron chi connectivity index (χ1n) is 6.81. The summed E-state index contributed by atoms with van der Waals surface area (Å²) in [7, 11) is 0. The Balaban J connectivity index is 2.37. The summed E-state index contributed by atoms with van der Waals surface area (Å²) >= 11 is 2.20. The summed E-state index contributed by atoms with van der Waals surface area (Å²) in [6.07, 6.45) is 5.93. The first-order chi connectivity index (χ1) is 8.82. The number of aliphatic imine (C=N–C) groups is 1. The summed E-state index contributed by atoms with van der Waals surface area (Å²) < 4.78 is 0.986. The zero-order valence-electron chi connectivity index (χ0n) is 12.2. The third-order valence-corrected chi connectivity index (χ3v) is 4.52. The van der Waals surface area contributed by atoms with Crippen LogP contribution in [-0.4, -0.2) is 41.5 Å². The van der Waals surface area contributed by atoms with Gasteiger partial charge in [0.1, 0.15) is 0 Å². The maximum atomic E-state index is 10.0. The Kier molecular flexibility index (Phi) is 6.69. The van der Waals surface area contributed by atoms with Crippen LogP contribution in [0.5, 0.6) is 0 Å². The van der Waals surface area contributed by atoms with Crippen LogP contribution in [0.3, 0.4) is 0 Å². The minimum absolute atomic E-state index is 0.412. The predicted octanol–water partition coefficient (Wildman–Crippen LogP) is 3.39. The molecule has 0 aromatic rings. The van der Waals surface area contributed by atoms with Gasteiger partial charge in [-0.1, -0.05) is 12.7 Å². The van der Waals surface area contributed by atoms with E-state index in [1.54, 1.807) is 0 Å². The standard InChI is InChI=1S/C15H25IN2O/c1-5-14(16)17-10-12(2)11-18-8-6-13(7-9-18)15(3,4)19/h5,10,13,19H,2,6-9,11H2,1,3-4H3/b14-5-,17-10-. The van der Waals surface area contributed by atoms with Crippen molar-refractivity contribution in [2.45, 2.75) is 39.2 Å². The van der Waals surface area contributed by atoms with Crippen molar-refractivity contribution in [3.8, 4) is 0 Å². The van der Waals surface area contributed by atoms with Crippen LogP contribution in [-0.2, 0) is 0 Å². The highest BCUT2D eigenvalue weighted by Crippen LogP contribution is 2.27. The molecule has 1 heterocycles. The molecule has 19 heavy (non-hydrogen) atoms. The van der Waals surface area contributed by atoms with E-state index in [2.05, 4.69) is 39.1 Å². The second-order valence-corrected chi connectivity index (χ2v) is 6.84. The molecule has 1 aliphatic heterocycles. The molecule has 1 N–H and O–H groups in total. The number of aliphatic hydroxyl groups is 1. The molecular formula is C15H25IN2O. The molecular weight excluding hydrogens is 351 g/mol. The van der Waals surface area contributed by atoms with Crippen molar-refractivity contribution in [1.29, 1.82) is 0 Å². The highest BCUT2D eigenvalue weighted by Gasteiger charge is 2.30. The fourth-order valence-electron chi connectivity index (χ4n) is 2.35. The first kappa shape index (κ1) is 16.9. The summed E-state index contributed by atoms with van der Waals surface area (Å²) in [4.78, 5) is 6.71. The lowest BCUT2D eigenvalue weighted by Crippen LogP contribution is -2.42. The Morgan fingerprint density at radius 3 is 2.53 bits per heavy atom. The van der Waals surface area contributed by atoms with Crippen LogP contribution < -0.4 is 0 Å². The van der Waals surface area contributed by atoms with Crippen LogP contribution >= 0.6 is 22.6 Å². The Hall–Kier alpha value is -0.200. The number of hydrogen-bond acceptors (Lipinski definition) is 3. The van der Waals surface area contributed by atoms with Crippen molar-refractivity contribution in [3.63, 3.8) is 0 Å². The third-order valence-electron chi connectivity index (χ3n) is 3.62. The van der Waals surface area contributed by atoms with E-state index in [4.69, 9.17) is 0 Å². The predicted molar refractivity (Wildman–Crippen MR) is 90.9 cm³/mol. The van der Waals surface area contributed by atoms with E-state index in [-0.39, 0.29) is 0 Å². The molecule has 0 spiro atoms. The van der Waals surface area contributed by atoms with E-state index in [0.717, 1.165) is 41.8 Å². The molecule has 4 heteroatoms. The normalized spacial score (nSPS) is 20.2. The summed E-state index contributed by atoms with van der Waals surface area (Å²) in [5.74, 6) is 0.412. The maximum absolute atomic E-state index is 10.0. The molecule has 0 aromatic heterocycles. The minimum atomic E-state index is -0.549. The lowest BCUT2D eigenvalue weighted by molar-refractivity contribution is -0.0112. The van der Waals surface area contributed by atoms with E-state index in [0.29, 0.717) is 5.92 Å². The molecule has 0 saturated carbocycles. The fourth-order valence-corrected chi connectivity index (χ4v) is 2.49. The summed E-state index contributed by atoms with van der Waals surface area (Å²) in [6.45, 7) is 12.8. The Morgan fingerprint density at radius 1 is 1.47 bits per heavy atom. The van der Waals surface area contributed by atoms with E-state index in [1.807, 2.05) is 33.1 Å². The van der Waals surface area contributed by atoms with Crippen molar-refractivity contribution in [2.24, 2.45) is 10.9 Å². The highest BCUT2D eigenvalue weighted by molar-refractivity contribution is 14.1. The van der Waals surface area contributed by atoms with Gasteiger partial charge in [-0.15, -0.1) is 0 Å². The summed E-state index contributed by atoms with van der Waals surface area (Å²) in [5, 5.41) is 10.0. The average Bonchev–Trinajstić information content (AvgIpc) is 2.35. The zero-order valence-corrected chi connectivity index (χ0v) is 14.4. The molecule has 0 bridgehead atoms. The van der Waals surface area contributed by atoms with Crippen molar-refractivity contribution < 1.29 is 5.11 Å². The minimum Gasteiger partial charge on any atom is -0.390 e. The quantitative estimate of drug-likeness (QED) is 0.454. The molecule has 1 saturated heterocycles. The van der Waals surface area contributed by atoms with Gasteiger partial charge in [0.15, 0.2) is 0 Å². The molecule has 3 nitrogen and oxygen atoms in total. The van der Waals surface area contributed by atoms with Gasteiger partial charge in [-0.25, -0.2) is 0 Å². The molecule has 0 radical (unpaired) electrons. The van der Waals surface area contributed by atoms with Crippen molar-refractivity contribution in [2.75, 3.05) is 19.6 Å². The van der Waals surface area contributed by atoms with Crippen molar-refractivity contribution >= 4 is 28.8 Å². The Morgan fingerprint density at radius 2 is 2.05 bits per heavy atom. The van der Waals surface area contributed by atoms with E-state index in [9.17, 15) is 5.11 Å². The first-order valence-corrected chi connectivity index (χ1v) is 7.89. The van der Waals surface area contributed by atoms with Crippen LogP contribution in [0.1, 0.15) is 33.6 Å². The van der Waals surface area contributed by atoms with Crippen LogP contribution in [0.15, 0.2) is 26.9 Å². The summed E-state index contributed by atoms with van der Waals surface area (Å²) in [5.41, 5.74) is 0.491. The van der Waals surface area contributed by atoms with Gasteiger partial charge in [-0.3, -0.25) is 9.89 Å². The number of rotatable bonds is 5. The summed E-state index contributed by atoms with van der Waals surface area (Å²) in [6, 6.07) is 0. The second-order valence-electron chi connectivity index (χ2n) is 5.73. The highest BCUT2D eigenvalue weighted by atomic mass is 127. The van der Waals surface area contributed by atoms with Crippen LogP contribution in [0.25, 0.3) is 0 Å². The van der Waals surface area contributed by atoms with Gasteiger partial charge in [0, 0.05) is 12.8 Å². The van der Waals surface area contributed by atoms with Gasteiger partial charge in [0.2, 0.25) is 0 Å². The maximum Gasteiger partial charge on any atom is 0.0966 e. The molecule has 0 amide bonds. The van der Waals surface area contributed by atoms with E-state index in [1.165, 1.54) is 0 Å². The average molecular weight is 376 g/mol. The van der Waals surface area contributed by atoms with Gasteiger partial charge in [0.05, 0.1) is 9.30 Å². The molecule has 1 rings (SSSR count). The SMILES string of the molecule is C=C(/C=N\C(I)=C/C)CN1CCC(C(C)(C)O)CC1. The molecule has 1 fully saturated rings. The largest absolute Gasteiger partial charge is 0.390 e. The van der Waals surface area contributed by atoms with Crippen molar-refractivity contribution in [3.05, 3.63) is 21.9 Å². The second kappa shape index (κ2) is 7.55. The Labute approximate surface area is 130 Å². The number of hydrogen-bond donors (Lipinski definition) is 1. The fraction of sp³-hybridized carbons (Fsp3) is 0.667. The topological polar surface area (TPSA) is 35.8 Å². The number of halogens is 1. The van der Waals surface area contributed by atoms with E-state index >= 15 is 0 Å². The van der Waals surface area contributed by atoms with Gasteiger partial charge < -0.3 is 5.11 Å². The molecule has 0 atom stereocenters. The van der Waals surface area contributed by atoms with Gasteiger partial charge in [-0.2, -0.15) is 0 Å². The molecule has 0 aromatic carbocycles. The monoisotopic (exact) mass is 376 g/mol. The van der Waals surface area contributed by atoms with Gasteiger partial charge in [0.25, 0.3) is 0 Å². The van der Waals surface area contributed by atoms with Crippen LogP contribution in [0.4, 0.5) is 0 Å². The lowest BCUT2D eigenvalue weighted by Gasteiger charge is -2.37. The smallest absolute Gasteiger partial charge is 0.0966 e. The van der Waals surface area contributed by atoms with Crippen molar-refractivity contribution in [1.82, 2.24) is 4.90 Å². The van der Waals surface area contributed by atoms with Crippen LogP contribution in [0, 0.1) is 5.92 Å². The molecule has 108 valence electrons. The van der Waals surface area contributed by atoms with Gasteiger partial charge >= 0.3 is 0 Å². The number of likely N-dealkylation sites (tertiary alicyclic amines) is 1. The van der Waals surface area contributed by atoms with Crippen LogP contribution in [0.2, 0.25) is 0 Å². The number of piperidine rings is 1. The Bertz CT molecular complexity index is 361. The third kappa shape index (κ3) is 6.19. The van der Waals surface area contributed by atoms with E-state index < -0.39 is 5.60 Å². The molecule has 1 aliphatic rings. The zero-order chi connectivity index (χ0) is 14.5.